The Labute approximate surface area is 120 Å². The molecule has 0 atom stereocenters. The largest absolute Gasteiger partial charge is 0.545 e. The lowest BCUT2D eigenvalue weighted by Gasteiger charge is -2.08. The fourth-order valence-corrected chi connectivity index (χ4v) is 1.22. The van der Waals surface area contributed by atoms with Crippen LogP contribution >= 0.6 is 23.2 Å². The molecule has 0 aromatic heterocycles. The first kappa shape index (κ1) is 17.7. The highest BCUT2D eigenvalue weighted by Gasteiger charge is 2.13. The van der Waals surface area contributed by atoms with Gasteiger partial charge in [-0.2, -0.15) is 0 Å². The molecule has 0 aliphatic rings. The van der Waals surface area contributed by atoms with Crippen LogP contribution in [0.3, 0.4) is 0 Å². The number of carbonyl (C=O) groups excluding carboxylic acids is 1. The molecule has 1 aromatic rings. The number of carbonyl (C=O) groups is 2. The molecule has 19 heavy (non-hydrogen) atoms. The molecule has 106 valence electrons. The lowest BCUT2D eigenvalue weighted by molar-refractivity contribution is -0.458. The summed E-state index contributed by atoms with van der Waals surface area (Å²) in [5, 5.41) is 19.1. The molecular weight excluding hydrogens is 293 g/mol. The van der Waals surface area contributed by atoms with Gasteiger partial charge in [-0.1, -0.05) is 23.2 Å². The SMILES string of the molecule is CC(C)(C)[NH3+].O=C([O-])c1cc(Cl)c(Cl)cc1C(=O)O. The van der Waals surface area contributed by atoms with E-state index >= 15 is 0 Å². The topological polar surface area (TPSA) is 105 Å². The summed E-state index contributed by atoms with van der Waals surface area (Å²) in [7, 11) is 0. The van der Waals surface area contributed by atoms with Crippen LogP contribution < -0.4 is 10.8 Å². The Morgan fingerprint density at radius 2 is 1.47 bits per heavy atom. The van der Waals surface area contributed by atoms with E-state index in [9.17, 15) is 14.7 Å². The van der Waals surface area contributed by atoms with E-state index in [1.54, 1.807) is 0 Å². The van der Waals surface area contributed by atoms with Crippen LogP contribution in [0.4, 0.5) is 0 Å². The van der Waals surface area contributed by atoms with Crippen LogP contribution in [-0.2, 0) is 0 Å². The molecule has 0 amide bonds. The van der Waals surface area contributed by atoms with E-state index < -0.39 is 23.1 Å². The highest BCUT2D eigenvalue weighted by atomic mass is 35.5. The molecule has 0 saturated heterocycles. The predicted octanol–water partition coefficient (Wildman–Crippen LogP) is 1.08. The fraction of sp³-hybridized carbons (Fsp3) is 0.333. The Morgan fingerprint density at radius 3 is 1.74 bits per heavy atom. The second-order valence-corrected chi connectivity index (χ2v) is 5.78. The Hall–Kier alpha value is -1.30. The number of hydrogen-bond donors (Lipinski definition) is 2. The van der Waals surface area contributed by atoms with Crippen molar-refractivity contribution < 1.29 is 25.5 Å². The number of carboxylic acid groups (broad SMARTS) is 2. The molecule has 1 rings (SSSR count). The van der Waals surface area contributed by atoms with Crippen LogP contribution in [0, 0.1) is 0 Å². The van der Waals surface area contributed by atoms with Crippen molar-refractivity contribution in [3.63, 3.8) is 0 Å². The summed E-state index contributed by atoms with van der Waals surface area (Å²) in [5.74, 6) is -3.01. The van der Waals surface area contributed by atoms with Gasteiger partial charge in [-0.15, -0.1) is 0 Å². The fourth-order valence-electron chi connectivity index (χ4n) is 0.893. The average molecular weight is 308 g/mol. The minimum Gasteiger partial charge on any atom is -0.545 e. The standard InChI is InChI=1S/C8H4Cl2O4.C4H11N/c9-5-1-3(7(11)12)4(8(13)14)2-6(5)10;1-4(2,3)5/h1-2H,(H,11,12)(H,13,14);5H2,1-3H3. The normalized spacial score (nSPS) is 10.4. The minimum absolute atomic E-state index is 0.0194. The molecule has 0 fully saturated rings. The maximum atomic E-state index is 10.6. The van der Waals surface area contributed by atoms with Crippen molar-refractivity contribution in [3.8, 4) is 0 Å². The van der Waals surface area contributed by atoms with E-state index in [1.165, 1.54) is 0 Å². The van der Waals surface area contributed by atoms with Gasteiger partial charge in [0, 0.05) is 5.56 Å². The van der Waals surface area contributed by atoms with Gasteiger partial charge in [0.05, 0.1) is 27.1 Å². The minimum atomic E-state index is -1.61. The lowest BCUT2D eigenvalue weighted by Crippen LogP contribution is -2.67. The lowest BCUT2D eigenvalue weighted by atomic mass is 10.1. The summed E-state index contributed by atoms with van der Waals surface area (Å²) in [6, 6.07) is 1.92. The van der Waals surface area contributed by atoms with Crippen molar-refractivity contribution in [2.45, 2.75) is 26.3 Å². The third-order valence-electron chi connectivity index (χ3n) is 1.51. The third kappa shape index (κ3) is 7.00. The van der Waals surface area contributed by atoms with Gasteiger partial charge in [0.15, 0.2) is 0 Å². The van der Waals surface area contributed by atoms with E-state index in [2.05, 4.69) is 26.5 Å². The van der Waals surface area contributed by atoms with Crippen LogP contribution in [0.2, 0.25) is 10.0 Å². The van der Waals surface area contributed by atoms with E-state index in [1.807, 2.05) is 0 Å². The number of hydrogen-bond acceptors (Lipinski definition) is 3. The number of carboxylic acids is 2. The van der Waals surface area contributed by atoms with Gasteiger partial charge in [0.25, 0.3) is 0 Å². The van der Waals surface area contributed by atoms with Crippen LogP contribution in [-0.4, -0.2) is 22.6 Å². The Balaban J connectivity index is 0.000000555. The zero-order valence-electron chi connectivity index (χ0n) is 10.8. The van der Waals surface area contributed by atoms with Crippen LogP contribution in [0.25, 0.3) is 0 Å². The number of benzene rings is 1. The van der Waals surface area contributed by atoms with Crippen LogP contribution in [0.5, 0.6) is 0 Å². The van der Waals surface area contributed by atoms with E-state index in [0.29, 0.717) is 0 Å². The van der Waals surface area contributed by atoms with Crippen molar-refractivity contribution in [1.29, 1.82) is 0 Å². The van der Waals surface area contributed by atoms with E-state index in [0.717, 1.165) is 12.1 Å². The van der Waals surface area contributed by atoms with E-state index in [-0.39, 0.29) is 15.6 Å². The van der Waals surface area contributed by atoms with Crippen molar-refractivity contribution >= 4 is 35.1 Å². The van der Waals surface area contributed by atoms with Gasteiger partial charge in [0.2, 0.25) is 0 Å². The molecule has 0 heterocycles. The molecule has 0 radical (unpaired) electrons. The summed E-state index contributed by atoms with van der Waals surface area (Å²) < 4.78 is 0. The van der Waals surface area contributed by atoms with Gasteiger partial charge in [-0.3, -0.25) is 0 Å². The molecule has 0 unspecified atom stereocenters. The average Bonchev–Trinajstić information content (AvgIpc) is 2.18. The molecule has 7 heteroatoms. The van der Waals surface area contributed by atoms with Gasteiger partial charge in [-0.25, -0.2) is 4.79 Å². The zero-order valence-corrected chi connectivity index (χ0v) is 12.3. The summed E-state index contributed by atoms with van der Waals surface area (Å²) in [5.41, 5.74) is 3.08. The summed E-state index contributed by atoms with van der Waals surface area (Å²) in [6.45, 7) is 6.23. The van der Waals surface area contributed by atoms with Gasteiger partial charge >= 0.3 is 5.97 Å². The van der Waals surface area contributed by atoms with Crippen molar-refractivity contribution in [1.82, 2.24) is 0 Å². The molecule has 4 N–H and O–H groups in total. The third-order valence-corrected chi connectivity index (χ3v) is 2.23. The second kappa shape index (κ2) is 6.75. The van der Waals surface area contributed by atoms with Gasteiger partial charge in [-0.05, 0) is 32.9 Å². The predicted molar refractivity (Wildman–Crippen MR) is 70.4 cm³/mol. The number of aromatic carboxylic acids is 2. The maximum Gasteiger partial charge on any atom is 0.336 e. The molecule has 5 nitrogen and oxygen atoms in total. The summed E-state index contributed by atoms with van der Waals surface area (Å²) in [4.78, 5) is 21.1. The Bertz CT molecular complexity index is 450. The molecule has 0 spiro atoms. The highest BCUT2D eigenvalue weighted by molar-refractivity contribution is 6.42. The number of rotatable bonds is 2. The first-order chi connectivity index (χ1) is 8.43. The van der Waals surface area contributed by atoms with Crippen molar-refractivity contribution in [2.75, 3.05) is 0 Å². The smallest absolute Gasteiger partial charge is 0.336 e. The number of quaternary nitrogens is 1. The molecule has 0 saturated carbocycles. The van der Waals surface area contributed by atoms with Gasteiger partial charge in [0.1, 0.15) is 0 Å². The zero-order chi connectivity index (χ0) is 15.4. The summed E-state index contributed by atoms with van der Waals surface area (Å²) in [6.07, 6.45) is 0. The Kier molecular flexibility index (Phi) is 6.29. The highest BCUT2D eigenvalue weighted by Crippen LogP contribution is 2.25. The van der Waals surface area contributed by atoms with E-state index in [4.69, 9.17) is 28.3 Å². The molecule has 0 aliphatic carbocycles. The quantitative estimate of drug-likeness (QED) is 0.852. The van der Waals surface area contributed by atoms with Crippen molar-refractivity contribution in [2.24, 2.45) is 0 Å². The van der Waals surface area contributed by atoms with Crippen molar-refractivity contribution in [3.05, 3.63) is 33.3 Å². The first-order valence-corrected chi connectivity index (χ1v) is 5.98. The molecular formula is C12H15Cl2NO4. The first-order valence-electron chi connectivity index (χ1n) is 5.22. The van der Waals surface area contributed by atoms with Crippen LogP contribution in [0.15, 0.2) is 12.1 Å². The second-order valence-electron chi connectivity index (χ2n) is 4.97. The van der Waals surface area contributed by atoms with Crippen LogP contribution in [0.1, 0.15) is 41.5 Å². The number of halogens is 2. The van der Waals surface area contributed by atoms with Gasteiger partial charge < -0.3 is 20.7 Å². The molecule has 1 aromatic carbocycles. The molecule has 0 aliphatic heterocycles. The Morgan fingerprint density at radius 1 is 1.16 bits per heavy atom. The monoisotopic (exact) mass is 307 g/mol. The maximum absolute atomic E-state index is 10.6. The summed E-state index contributed by atoms with van der Waals surface area (Å²) >= 11 is 11.0. The molecule has 0 bridgehead atoms.